The highest BCUT2D eigenvalue weighted by Gasteiger charge is 2.38. The van der Waals surface area contributed by atoms with Gasteiger partial charge in [-0.25, -0.2) is 4.98 Å². The molecule has 0 aliphatic carbocycles. The van der Waals surface area contributed by atoms with E-state index < -0.39 is 12.1 Å². The van der Waals surface area contributed by atoms with Gasteiger partial charge in [0.1, 0.15) is 11.6 Å². The molecule has 1 aliphatic heterocycles. The number of pyridine rings is 1. The van der Waals surface area contributed by atoms with Crippen molar-refractivity contribution in [2.24, 2.45) is 0 Å². The zero-order chi connectivity index (χ0) is 22.7. The fourth-order valence-electron chi connectivity index (χ4n) is 3.34. The van der Waals surface area contributed by atoms with Crippen LogP contribution in [-0.4, -0.2) is 58.7 Å². The molecule has 0 spiro atoms. The summed E-state index contributed by atoms with van der Waals surface area (Å²) in [6, 6.07) is 10.3. The molecule has 32 heavy (non-hydrogen) atoms. The van der Waals surface area contributed by atoms with E-state index in [4.69, 9.17) is 4.74 Å². The van der Waals surface area contributed by atoms with Crippen LogP contribution in [0.1, 0.15) is 23.2 Å². The lowest BCUT2D eigenvalue weighted by Gasteiger charge is -2.35. The average molecular weight is 447 g/mol. The Hall–Kier alpha value is -3.63. The number of carbonyl (C=O) groups excluding carboxylic acids is 1. The first-order valence-corrected chi connectivity index (χ1v) is 9.99. The lowest BCUT2D eigenvalue weighted by Crippen LogP contribution is -2.49. The number of benzene rings is 1. The highest BCUT2D eigenvalue weighted by atomic mass is 19.4. The molecule has 1 fully saturated rings. The van der Waals surface area contributed by atoms with Gasteiger partial charge in [-0.05, 0) is 43.3 Å². The number of hydrogen-bond acceptors (Lipinski definition) is 7. The van der Waals surface area contributed by atoms with Crippen molar-refractivity contribution in [3.05, 3.63) is 54.0 Å². The highest BCUT2D eigenvalue weighted by Crippen LogP contribution is 2.29. The first-order chi connectivity index (χ1) is 15.3. The summed E-state index contributed by atoms with van der Waals surface area (Å²) in [6.07, 6.45) is -3.29. The van der Waals surface area contributed by atoms with Crippen LogP contribution >= 0.6 is 0 Å². The summed E-state index contributed by atoms with van der Waals surface area (Å²) >= 11 is 0. The molecule has 0 N–H and O–H groups in total. The van der Waals surface area contributed by atoms with Crippen molar-refractivity contribution in [3.63, 3.8) is 0 Å². The van der Waals surface area contributed by atoms with Crippen molar-refractivity contribution < 1.29 is 27.2 Å². The van der Waals surface area contributed by atoms with Crippen LogP contribution < -0.4 is 9.64 Å². The van der Waals surface area contributed by atoms with Crippen LogP contribution in [0.5, 0.6) is 5.75 Å². The number of halogens is 3. The SMILES string of the molecule is CCOc1ccc(C(=O)N2CCN(c3ccc(-c4noc(C(F)(F)F)n4)cn3)CC2)cc1. The molecule has 1 aliphatic rings. The number of rotatable bonds is 5. The fourth-order valence-corrected chi connectivity index (χ4v) is 3.34. The molecule has 0 radical (unpaired) electrons. The van der Waals surface area contributed by atoms with Gasteiger partial charge in [0.25, 0.3) is 5.91 Å². The van der Waals surface area contributed by atoms with Gasteiger partial charge in [-0.3, -0.25) is 4.79 Å². The van der Waals surface area contributed by atoms with Crippen molar-refractivity contribution >= 4 is 11.7 Å². The Balaban J connectivity index is 1.36. The number of aromatic nitrogens is 3. The van der Waals surface area contributed by atoms with Gasteiger partial charge in [0.05, 0.1) is 6.61 Å². The normalized spacial score (nSPS) is 14.5. The Bertz CT molecular complexity index is 1060. The van der Waals surface area contributed by atoms with Crippen molar-refractivity contribution in [2.45, 2.75) is 13.1 Å². The number of amides is 1. The van der Waals surface area contributed by atoms with E-state index in [1.165, 1.54) is 6.20 Å². The lowest BCUT2D eigenvalue weighted by atomic mass is 10.1. The number of carbonyl (C=O) groups is 1. The smallest absolute Gasteiger partial charge is 0.471 e. The lowest BCUT2D eigenvalue weighted by molar-refractivity contribution is -0.159. The zero-order valence-corrected chi connectivity index (χ0v) is 17.2. The van der Waals surface area contributed by atoms with Gasteiger partial charge in [0, 0.05) is 43.5 Å². The quantitative estimate of drug-likeness (QED) is 0.592. The van der Waals surface area contributed by atoms with Crippen LogP contribution in [0.25, 0.3) is 11.4 Å². The molecule has 8 nitrogen and oxygen atoms in total. The van der Waals surface area contributed by atoms with Crippen molar-refractivity contribution in [1.29, 1.82) is 0 Å². The molecule has 0 saturated carbocycles. The van der Waals surface area contributed by atoms with Gasteiger partial charge in [-0.15, -0.1) is 0 Å². The van der Waals surface area contributed by atoms with Gasteiger partial charge in [0.2, 0.25) is 5.82 Å². The van der Waals surface area contributed by atoms with Gasteiger partial charge >= 0.3 is 12.1 Å². The standard InChI is InChI=1S/C21H20F3N5O3/c1-2-31-16-6-3-14(4-7-16)19(30)29-11-9-28(10-12-29)17-8-5-15(13-25-17)18-26-20(32-27-18)21(22,23)24/h3-8,13H,2,9-12H2,1H3. The molecule has 0 bridgehead atoms. The Labute approximate surface area is 181 Å². The minimum Gasteiger partial charge on any atom is -0.494 e. The minimum atomic E-state index is -4.69. The summed E-state index contributed by atoms with van der Waals surface area (Å²) in [6.45, 7) is 4.67. The van der Waals surface area contributed by atoms with Crippen LogP contribution in [0.4, 0.5) is 19.0 Å². The van der Waals surface area contributed by atoms with E-state index in [0.717, 1.165) is 5.75 Å². The molecule has 2 aromatic heterocycles. The second-order valence-electron chi connectivity index (χ2n) is 7.06. The molecule has 3 heterocycles. The van der Waals surface area contributed by atoms with Crippen LogP contribution in [-0.2, 0) is 6.18 Å². The van der Waals surface area contributed by atoms with E-state index >= 15 is 0 Å². The Kier molecular flexibility index (Phi) is 5.97. The summed E-state index contributed by atoms with van der Waals surface area (Å²) in [4.78, 5) is 24.2. The molecule has 3 aromatic rings. The predicted octanol–water partition coefficient (Wildman–Crippen LogP) is 3.51. The average Bonchev–Trinajstić information content (AvgIpc) is 3.31. The number of hydrogen-bond donors (Lipinski definition) is 0. The number of ether oxygens (including phenoxy) is 1. The third-order valence-corrected chi connectivity index (χ3v) is 4.98. The number of piperazine rings is 1. The monoisotopic (exact) mass is 447 g/mol. The van der Waals surface area contributed by atoms with Gasteiger partial charge < -0.3 is 19.1 Å². The number of nitrogens with zero attached hydrogens (tertiary/aromatic N) is 5. The molecular formula is C21H20F3N5O3. The molecule has 1 saturated heterocycles. The topological polar surface area (TPSA) is 84.6 Å². The molecule has 0 atom stereocenters. The third kappa shape index (κ3) is 4.66. The predicted molar refractivity (Wildman–Crippen MR) is 108 cm³/mol. The molecule has 4 rings (SSSR count). The van der Waals surface area contributed by atoms with Crippen molar-refractivity contribution in [3.8, 4) is 17.1 Å². The van der Waals surface area contributed by atoms with Gasteiger partial charge in [-0.2, -0.15) is 18.2 Å². The second kappa shape index (κ2) is 8.85. The molecule has 168 valence electrons. The molecule has 11 heteroatoms. The van der Waals surface area contributed by atoms with E-state index in [0.29, 0.717) is 49.7 Å². The first kappa shape index (κ1) is 21.6. The van der Waals surface area contributed by atoms with Gasteiger partial charge in [-0.1, -0.05) is 5.16 Å². The van der Waals surface area contributed by atoms with Crippen LogP contribution in [0, 0.1) is 0 Å². The zero-order valence-electron chi connectivity index (χ0n) is 17.2. The highest BCUT2D eigenvalue weighted by molar-refractivity contribution is 5.94. The van der Waals surface area contributed by atoms with Crippen molar-refractivity contribution in [2.75, 3.05) is 37.7 Å². The Morgan fingerprint density at radius 3 is 2.38 bits per heavy atom. The van der Waals surface area contributed by atoms with E-state index in [1.54, 1.807) is 41.3 Å². The summed E-state index contributed by atoms with van der Waals surface area (Å²) < 4.78 is 47.5. The molecule has 1 aromatic carbocycles. The first-order valence-electron chi connectivity index (χ1n) is 9.99. The van der Waals surface area contributed by atoms with Crippen LogP contribution in [0.3, 0.4) is 0 Å². The fraction of sp³-hybridized carbons (Fsp3) is 0.333. The second-order valence-corrected chi connectivity index (χ2v) is 7.06. The largest absolute Gasteiger partial charge is 0.494 e. The van der Waals surface area contributed by atoms with Crippen LogP contribution in [0.2, 0.25) is 0 Å². The van der Waals surface area contributed by atoms with E-state index in [-0.39, 0.29) is 11.7 Å². The summed E-state index contributed by atoms with van der Waals surface area (Å²) in [5, 5.41) is 3.36. The van der Waals surface area contributed by atoms with E-state index in [9.17, 15) is 18.0 Å². The van der Waals surface area contributed by atoms with E-state index in [2.05, 4.69) is 19.6 Å². The number of anilines is 1. The maximum atomic E-state index is 12.7. The molecular weight excluding hydrogens is 427 g/mol. The molecule has 0 unspecified atom stereocenters. The third-order valence-electron chi connectivity index (χ3n) is 4.98. The van der Waals surface area contributed by atoms with Gasteiger partial charge in [0.15, 0.2) is 0 Å². The van der Waals surface area contributed by atoms with E-state index in [1.807, 2.05) is 11.8 Å². The maximum absolute atomic E-state index is 12.7. The molecule has 1 amide bonds. The maximum Gasteiger partial charge on any atom is 0.471 e. The number of alkyl halides is 3. The summed E-state index contributed by atoms with van der Waals surface area (Å²) in [7, 11) is 0. The summed E-state index contributed by atoms with van der Waals surface area (Å²) in [5.41, 5.74) is 0.917. The minimum absolute atomic E-state index is 0.0476. The van der Waals surface area contributed by atoms with Crippen LogP contribution in [0.15, 0.2) is 47.1 Å². The van der Waals surface area contributed by atoms with Crippen molar-refractivity contribution in [1.82, 2.24) is 20.0 Å². The summed E-state index contributed by atoms with van der Waals surface area (Å²) in [5.74, 6) is -0.249. The Morgan fingerprint density at radius 2 is 1.81 bits per heavy atom. The Morgan fingerprint density at radius 1 is 1.09 bits per heavy atom.